The predicted molar refractivity (Wildman–Crippen MR) is 70.7 cm³/mol. The highest BCUT2D eigenvalue weighted by Gasteiger charge is 2.20. The van der Waals surface area contributed by atoms with E-state index in [0.29, 0.717) is 19.6 Å². The summed E-state index contributed by atoms with van der Waals surface area (Å²) in [5, 5.41) is 3.98. The van der Waals surface area contributed by atoms with Crippen LogP contribution in [-0.4, -0.2) is 50.3 Å². The lowest BCUT2D eigenvalue weighted by Gasteiger charge is -2.10. The summed E-state index contributed by atoms with van der Waals surface area (Å²) in [5.74, 6) is 0.189. The van der Waals surface area contributed by atoms with Crippen LogP contribution in [0.25, 0.3) is 0 Å². The van der Waals surface area contributed by atoms with E-state index in [9.17, 15) is 8.42 Å². The van der Waals surface area contributed by atoms with E-state index in [2.05, 4.69) is 9.82 Å². The van der Waals surface area contributed by atoms with Crippen LogP contribution in [0.2, 0.25) is 0 Å². The normalized spacial score (nSPS) is 12.2. The van der Waals surface area contributed by atoms with Crippen molar-refractivity contribution in [1.82, 2.24) is 19.4 Å². The van der Waals surface area contributed by atoms with E-state index < -0.39 is 10.0 Å². The second-order valence-electron chi connectivity index (χ2n) is 4.32. The van der Waals surface area contributed by atoms with Crippen molar-refractivity contribution in [3.8, 4) is 0 Å². The Kier molecular flexibility index (Phi) is 5.12. The van der Waals surface area contributed by atoms with Crippen molar-refractivity contribution in [3.05, 3.63) is 6.20 Å². The van der Waals surface area contributed by atoms with E-state index in [4.69, 9.17) is 5.73 Å². The van der Waals surface area contributed by atoms with E-state index in [-0.39, 0.29) is 10.7 Å². The van der Waals surface area contributed by atoms with Gasteiger partial charge in [0, 0.05) is 19.6 Å². The summed E-state index contributed by atoms with van der Waals surface area (Å²) in [6, 6.07) is 0. The summed E-state index contributed by atoms with van der Waals surface area (Å²) >= 11 is 0. The molecule has 1 aromatic rings. The number of aryl methyl sites for hydroxylation is 1. The Bertz CT molecular complexity index is 480. The van der Waals surface area contributed by atoms with Crippen LogP contribution in [0.15, 0.2) is 11.1 Å². The largest absolute Gasteiger partial charge is 0.383 e. The van der Waals surface area contributed by atoms with Crippen LogP contribution in [0, 0.1) is 0 Å². The number of hydrogen-bond acceptors (Lipinski definition) is 5. The van der Waals surface area contributed by atoms with Gasteiger partial charge in [0.1, 0.15) is 10.7 Å². The molecular weight excluding hydrogens is 254 g/mol. The van der Waals surface area contributed by atoms with Gasteiger partial charge in [-0.1, -0.05) is 6.92 Å². The highest BCUT2D eigenvalue weighted by atomic mass is 32.2. The Balaban J connectivity index is 2.79. The summed E-state index contributed by atoms with van der Waals surface area (Å²) in [6.45, 7) is 3.56. The van der Waals surface area contributed by atoms with Crippen molar-refractivity contribution in [3.63, 3.8) is 0 Å². The first kappa shape index (κ1) is 14.9. The SMILES string of the molecule is CCCn1ncc(S(=O)(=O)NCCN(C)C)c1N. The summed E-state index contributed by atoms with van der Waals surface area (Å²) in [6.07, 6.45) is 2.14. The van der Waals surface area contributed by atoms with Gasteiger partial charge < -0.3 is 10.6 Å². The molecule has 0 amide bonds. The molecule has 1 rings (SSSR count). The van der Waals surface area contributed by atoms with Crippen molar-refractivity contribution in [2.75, 3.05) is 32.9 Å². The van der Waals surface area contributed by atoms with Gasteiger partial charge in [0.15, 0.2) is 0 Å². The van der Waals surface area contributed by atoms with Crippen LogP contribution in [0.1, 0.15) is 13.3 Å². The van der Waals surface area contributed by atoms with Crippen LogP contribution in [0.4, 0.5) is 5.82 Å². The number of rotatable bonds is 7. The number of sulfonamides is 1. The lowest BCUT2D eigenvalue weighted by Crippen LogP contribution is -2.31. The lowest BCUT2D eigenvalue weighted by molar-refractivity contribution is 0.412. The molecule has 8 heteroatoms. The lowest BCUT2D eigenvalue weighted by atomic mass is 10.5. The maximum absolute atomic E-state index is 12.0. The van der Waals surface area contributed by atoms with Crippen molar-refractivity contribution < 1.29 is 8.42 Å². The Hall–Kier alpha value is -1.12. The average Bonchev–Trinajstić information content (AvgIpc) is 2.61. The van der Waals surface area contributed by atoms with E-state index in [1.54, 1.807) is 0 Å². The van der Waals surface area contributed by atoms with Gasteiger partial charge in [-0.15, -0.1) is 0 Å². The monoisotopic (exact) mass is 275 g/mol. The molecule has 0 spiro atoms. The van der Waals surface area contributed by atoms with Crippen molar-refractivity contribution >= 4 is 15.8 Å². The second kappa shape index (κ2) is 6.17. The van der Waals surface area contributed by atoms with Gasteiger partial charge in [-0.2, -0.15) is 5.10 Å². The van der Waals surface area contributed by atoms with Gasteiger partial charge in [-0.3, -0.25) is 0 Å². The van der Waals surface area contributed by atoms with Crippen LogP contribution >= 0.6 is 0 Å². The number of nitrogens with zero attached hydrogens (tertiary/aromatic N) is 3. The summed E-state index contributed by atoms with van der Waals surface area (Å²) in [7, 11) is 0.185. The van der Waals surface area contributed by atoms with Gasteiger partial charge >= 0.3 is 0 Å². The number of aromatic nitrogens is 2. The predicted octanol–water partition coefficient (Wildman–Crippen LogP) is -0.285. The third kappa shape index (κ3) is 3.69. The fourth-order valence-electron chi connectivity index (χ4n) is 1.46. The zero-order valence-corrected chi connectivity index (χ0v) is 11.9. The van der Waals surface area contributed by atoms with E-state index in [1.165, 1.54) is 10.9 Å². The van der Waals surface area contributed by atoms with E-state index in [1.807, 2.05) is 25.9 Å². The van der Waals surface area contributed by atoms with Gasteiger partial charge in [-0.25, -0.2) is 17.8 Å². The highest BCUT2D eigenvalue weighted by molar-refractivity contribution is 7.89. The molecular formula is C10H21N5O2S. The van der Waals surface area contributed by atoms with Gasteiger partial charge in [-0.05, 0) is 20.5 Å². The minimum absolute atomic E-state index is 0.0507. The first-order chi connectivity index (χ1) is 8.38. The summed E-state index contributed by atoms with van der Waals surface area (Å²) in [5.41, 5.74) is 5.78. The standard InChI is InChI=1S/C10H21N5O2S/c1-4-6-15-10(11)9(8-12-15)18(16,17)13-5-7-14(2)3/h8,13H,4-7,11H2,1-3H3. The molecule has 0 atom stereocenters. The number of nitrogens with one attached hydrogen (secondary N) is 1. The summed E-state index contributed by atoms with van der Waals surface area (Å²) in [4.78, 5) is 1.95. The molecule has 0 aliphatic heterocycles. The van der Waals surface area contributed by atoms with Crippen LogP contribution in [0.3, 0.4) is 0 Å². The molecule has 0 bridgehead atoms. The Morgan fingerprint density at radius 2 is 2.17 bits per heavy atom. The van der Waals surface area contributed by atoms with Gasteiger partial charge in [0.05, 0.1) is 6.20 Å². The highest BCUT2D eigenvalue weighted by Crippen LogP contribution is 2.17. The molecule has 0 fully saturated rings. The first-order valence-corrected chi connectivity index (χ1v) is 7.32. The minimum Gasteiger partial charge on any atom is -0.383 e. The molecule has 18 heavy (non-hydrogen) atoms. The molecule has 0 saturated heterocycles. The van der Waals surface area contributed by atoms with Crippen molar-refractivity contribution in [2.45, 2.75) is 24.8 Å². The number of nitrogens with two attached hydrogens (primary N) is 1. The Morgan fingerprint density at radius 1 is 1.50 bits per heavy atom. The minimum atomic E-state index is -3.57. The molecule has 104 valence electrons. The average molecular weight is 275 g/mol. The van der Waals surface area contributed by atoms with Crippen molar-refractivity contribution in [1.29, 1.82) is 0 Å². The van der Waals surface area contributed by atoms with E-state index >= 15 is 0 Å². The third-order valence-corrected chi connectivity index (χ3v) is 3.90. The number of hydrogen-bond donors (Lipinski definition) is 2. The number of likely N-dealkylation sites (N-methyl/N-ethyl adjacent to an activating group) is 1. The maximum Gasteiger partial charge on any atom is 0.245 e. The molecule has 7 nitrogen and oxygen atoms in total. The van der Waals surface area contributed by atoms with Crippen LogP contribution in [0.5, 0.6) is 0 Å². The first-order valence-electron chi connectivity index (χ1n) is 5.84. The fraction of sp³-hybridized carbons (Fsp3) is 0.700. The molecule has 0 aliphatic carbocycles. The molecule has 0 aliphatic rings. The van der Waals surface area contributed by atoms with Crippen LogP contribution < -0.4 is 10.5 Å². The fourth-order valence-corrected chi connectivity index (χ4v) is 2.54. The van der Waals surface area contributed by atoms with Gasteiger partial charge in [0.2, 0.25) is 10.0 Å². The zero-order chi connectivity index (χ0) is 13.8. The molecule has 1 heterocycles. The molecule has 0 saturated carbocycles. The molecule has 3 N–H and O–H groups in total. The van der Waals surface area contributed by atoms with Gasteiger partial charge in [0.25, 0.3) is 0 Å². The molecule has 0 radical (unpaired) electrons. The Morgan fingerprint density at radius 3 is 2.72 bits per heavy atom. The van der Waals surface area contributed by atoms with Crippen molar-refractivity contribution in [2.24, 2.45) is 0 Å². The third-order valence-electron chi connectivity index (χ3n) is 2.42. The molecule has 0 unspecified atom stereocenters. The smallest absolute Gasteiger partial charge is 0.245 e. The summed E-state index contributed by atoms with van der Waals surface area (Å²) < 4.78 is 28.0. The van der Waals surface area contributed by atoms with E-state index in [0.717, 1.165) is 6.42 Å². The second-order valence-corrected chi connectivity index (χ2v) is 6.05. The quantitative estimate of drug-likeness (QED) is 0.713. The maximum atomic E-state index is 12.0. The zero-order valence-electron chi connectivity index (χ0n) is 11.0. The molecule has 0 aromatic carbocycles. The number of anilines is 1. The number of nitrogen functional groups attached to an aromatic ring is 1. The Labute approximate surface area is 108 Å². The van der Waals surface area contributed by atoms with Crippen LogP contribution in [-0.2, 0) is 16.6 Å². The molecule has 1 aromatic heterocycles. The topological polar surface area (TPSA) is 93.2 Å².